The second-order valence-corrected chi connectivity index (χ2v) is 8.75. The molecule has 0 aliphatic carbocycles. The summed E-state index contributed by atoms with van der Waals surface area (Å²) in [5, 5.41) is 17.4. The maximum absolute atomic E-state index is 12.8. The van der Waals surface area contributed by atoms with Gasteiger partial charge in [-0.05, 0) is 39.7 Å². The second kappa shape index (κ2) is 12.5. The van der Waals surface area contributed by atoms with Gasteiger partial charge in [-0.1, -0.05) is 30.3 Å². The lowest BCUT2D eigenvalue weighted by Crippen LogP contribution is -2.47. The summed E-state index contributed by atoms with van der Waals surface area (Å²) in [5.74, 6) is 0.183. The van der Waals surface area contributed by atoms with Crippen molar-refractivity contribution in [3.05, 3.63) is 105 Å². The zero-order valence-corrected chi connectivity index (χ0v) is 21.3. The quantitative estimate of drug-likeness (QED) is 0.143. The number of hydrazone groups is 1. The number of alkyl carbamates (subject to hydrolysis) is 1. The number of hydrogen-bond acceptors (Lipinski definition) is 8. The monoisotopic (exact) mass is 580 g/mol. The molecule has 0 fully saturated rings. The number of H-pyrrole nitrogens is 1. The molecule has 4 rings (SSSR count). The van der Waals surface area contributed by atoms with E-state index in [1.807, 2.05) is 30.3 Å². The molecule has 2 aromatic carbocycles. The summed E-state index contributed by atoms with van der Waals surface area (Å²) >= 11 is 3.31. The van der Waals surface area contributed by atoms with Crippen molar-refractivity contribution >= 4 is 39.8 Å². The SMILES string of the molecule is O=C(N[C@H](Cc1cnc[nH]1)C(=O)N/N=C\c1ccc(-c2ccc([N+](=O)[O-])cc2Br)o1)OCc1ccccc1. The average molecular weight is 581 g/mol. The Labute approximate surface area is 224 Å². The lowest BCUT2D eigenvalue weighted by Gasteiger charge is -2.16. The highest BCUT2D eigenvalue weighted by molar-refractivity contribution is 9.10. The van der Waals surface area contributed by atoms with Crippen molar-refractivity contribution in [1.82, 2.24) is 20.7 Å². The van der Waals surface area contributed by atoms with Crippen molar-refractivity contribution in [2.24, 2.45) is 5.10 Å². The molecule has 12 nitrogen and oxygen atoms in total. The molecule has 194 valence electrons. The summed E-state index contributed by atoms with van der Waals surface area (Å²) in [5.41, 5.74) is 4.37. The third-order valence-electron chi connectivity index (χ3n) is 5.22. The molecule has 1 atom stereocenters. The largest absolute Gasteiger partial charge is 0.455 e. The lowest BCUT2D eigenvalue weighted by atomic mass is 10.1. The predicted molar refractivity (Wildman–Crippen MR) is 140 cm³/mol. The summed E-state index contributed by atoms with van der Waals surface area (Å²) in [6.07, 6.45) is 3.67. The van der Waals surface area contributed by atoms with Crippen molar-refractivity contribution in [3.63, 3.8) is 0 Å². The molecule has 0 unspecified atom stereocenters. The summed E-state index contributed by atoms with van der Waals surface area (Å²) in [6, 6.07) is 15.7. The highest BCUT2D eigenvalue weighted by atomic mass is 79.9. The number of furan rings is 1. The number of aromatic nitrogens is 2. The molecule has 2 aromatic heterocycles. The van der Waals surface area contributed by atoms with E-state index in [9.17, 15) is 19.7 Å². The van der Waals surface area contributed by atoms with Crippen LogP contribution < -0.4 is 10.7 Å². The number of nitro benzene ring substituents is 1. The van der Waals surface area contributed by atoms with E-state index in [0.717, 1.165) is 5.56 Å². The number of hydrogen-bond donors (Lipinski definition) is 3. The molecule has 0 radical (unpaired) electrons. The lowest BCUT2D eigenvalue weighted by molar-refractivity contribution is -0.384. The maximum atomic E-state index is 12.8. The molecule has 0 aliphatic heterocycles. The normalized spacial score (nSPS) is 11.7. The Balaban J connectivity index is 1.37. The van der Waals surface area contributed by atoms with Gasteiger partial charge in [0.2, 0.25) is 0 Å². The molecule has 13 heteroatoms. The van der Waals surface area contributed by atoms with Crippen LogP contribution in [-0.4, -0.2) is 39.1 Å². The number of amides is 2. The van der Waals surface area contributed by atoms with Gasteiger partial charge in [-0.2, -0.15) is 5.10 Å². The number of carbonyl (C=O) groups is 2. The predicted octanol–water partition coefficient (Wildman–Crippen LogP) is 4.33. The molecular formula is C25H21BrN6O6. The smallest absolute Gasteiger partial charge is 0.408 e. The summed E-state index contributed by atoms with van der Waals surface area (Å²) in [7, 11) is 0. The van der Waals surface area contributed by atoms with Crippen LogP contribution in [0.25, 0.3) is 11.3 Å². The van der Waals surface area contributed by atoms with Crippen molar-refractivity contribution < 1.29 is 23.7 Å². The van der Waals surface area contributed by atoms with Crippen LogP contribution >= 0.6 is 15.9 Å². The number of carbonyl (C=O) groups excluding carboxylic acids is 2. The summed E-state index contributed by atoms with van der Waals surface area (Å²) < 4.78 is 11.4. The van der Waals surface area contributed by atoms with Crippen molar-refractivity contribution in [3.8, 4) is 11.3 Å². The molecule has 38 heavy (non-hydrogen) atoms. The third-order valence-corrected chi connectivity index (χ3v) is 5.88. The number of halogens is 1. The fraction of sp³-hybridized carbons (Fsp3) is 0.120. The zero-order chi connectivity index (χ0) is 26.9. The number of imidazole rings is 1. The van der Waals surface area contributed by atoms with Crippen LogP contribution in [0.2, 0.25) is 0 Å². The summed E-state index contributed by atoms with van der Waals surface area (Å²) in [6.45, 7) is 0.0505. The number of nitrogens with one attached hydrogen (secondary N) is 3. The second-order valence-electron chi connectivity index (χ2n) is 7.90. The first-order valence-electron chi connectivity index (χ1n) is 11.2. The first-order valence-corrected chi connectivity index (χ1v) is 12.0. The van der Waals surface area contributed by atoms with Gasteiger partial charge in [-0.3, -0.25) is 14.9 Å². The van der Waals surface area contributed by atoms with E-state index < -0.39 is 23.0 Å². The van der Waals surface area contributed by atoms with Crippen LogP contribution in [0, 0.1) is 10.1 Å². The van der Waals surface area contributed by atoms with Crippen LogP contribution in [0.3, 0.4) is 0 Å². The molecule has 0 saturated carbocycles. The Kier molecular flexibility index (Phi) is 8.61. The van der Waals surface area contributed by atoms with Crippen LogP contribution in [0.1, 0.15) is 17.0 Å². The van der Waals surface area contributed by atoms with Gasteiger partial charge in [-0.25, -0.2) is 15.2 Å². The minimum atomic E-state index is -1.00. The van der Waals surface area contributed by atoms with Gasteiger partial charge in [0.05, 0.1) is 17.5 Å². The number of ether oxygens (including phenoxy) is 1. The Morgan fingerprint density at radius 2 is 2.03 bits per heavy atom. The van der Waals surface area contributed by atoms with Gasteiger partial charge in [0.1, 0.15) is 24.2 Å². The van der Waals surface area contributed by atoms with Crippen molar-refractivity contribution in [1.29, 1.82) is 0 Å². The molecule has 2 heterocycles. The molecule has 3 N–H and O–H groups in total. The van der Waals surface area contributed by atoms with E-state index in [1.165, 1.54) is 24.7 Å². The van der Waals surface area contributed by atoms with Crippen molar-refractivity contribution in [2.45, 2.75) is 19.1 Å². The van der Waals surface area contributed by atoms with E-state index in [4.69, 9.17) is 9.15 Å². The Morgan fingerprint density at radius 1 is 1.21 bits per heavy atom. The average Bonchev–Trinajstić information content (AvgIpc) is 3.60. The minimum absolute atomic E-state index is 0.0505. The van der Waals surface area contributed by atoms with E-state index in [-0.39, 0.29) is 18.7 Å². The molecule has 0 saturated heterocycles. The summed E-state index contributed by atoms with van der Waals surface area (Å²) in [4.78, 5) is 42.4. The first kappa shape index (κ1) is 26.3. The van der Waals surface area contributed by atoms with Gasteiger partial charge in [0.15, 0.2) is 0 Å². The molecule has 0 bridgehead atoms. The zero-order valence-electron chi connectivity index (χ0n) is 19.7. The number of benzene rings is 2. The molecule has 2 amide bonds. The van der Waals surface area contributed by atoms with E-state index in [1.54, 1.807) is 24.4 Å². The van der Waals surface area contributed by atoms with Gasteiger partial charge < -0.3 is 19.5 Å². The van der Waals surface area contributed by atoms with Gasteiger partial charge in [0.25, 0.3) is 11.6 Å². The number of aromatic amines is 1. The Bertz CT molecular complexity index is 1440. The van der Waals surface area contributed by atoms with Crippen molar-refractivity contribution in [2.75, 3.05) is 0 Å². The van der Waals surface area contributed by atoms with E-state index in [0.29, 0.717) is 27.3 Å². The fourth-order valence-electron chi connectivity index (χ4n) is 3.35. The topological polar surface area (TPSA) is 165 Å². The van der Waals surface area contributed by atoms with E-state index in [2.05, 4.69) is 41.7 Å². The van der Waals surface area contributed by atoms with Crippen LogP contribution in [0.5, 0.6) is 0 Å². The molecule has 0 spiro atoms. The van der Waals surface area contributed by atoms with Gasteiger partial charge >= 0.3 is 6.09 Å². The molecular weight excluding hydrogens is 560 g/mol. The standard InChI is InChI=1S/C25H21BrN6O6/c26-21-11-18(32(35)36)6-8-20(21)23-9-7-19(38-23)13-29-31-24(33)22(10-17-12-27-15-28-17)30-25(34)37-14-16-4-2-1-3-5-16/h1-9,11-13,15,22H,10,14H2,(H,27,28)(H,30,34)(H,31,33)/b29-13-/t22-/m1/s1. The first-order chi connectivity index (χ1) is 18.4. The van der Waals surface area contributed by atoms with Crippen LogP contribution in [0.15, 0.2) is 87.2 Å². The highest BCUT2D eigenvalue weighted by Gasteiger charge is 2.22. The molecule has 0 aliphatic rings. The maximum Gasteiger partial charge on any atom is 0.408 e. The van der Waals surface area contributed by atoms with Crippen LogP contribution in [-0.2, 0) is 22.6 Å². The fourth-order valence-corrected chi connectivity index (χ4v) is 3.92. The third kappa shape index (κ3) is 7.13. The van der Waals surface area contributed by atoms with Gasteiger partial charge in [0, 0.05) is 40.5 Å². The molecule has 4 aromatic rings. The van der Waals surface area contributed by atoms with Crippen LogP contribution in [0.4, 0.5) is 10.5 Å². The Hall–Kier alpha value is -4.78. The number of non-ortho nitro benzene ring substituents is 1. The highest BCUT2D eigenvalue weighted by Crippen LogP contribution is 2.32. The number of nitro groups is 1. The Morgan fingerprint density at radius 3 is 2.74 bits per heavy atom. The number of nitrogens with zero attached hydrogens (tertiary/aromatic N) is 3. The number of rotatable bonds is 10. The van der Waals surface area contributed by atoms with E-state index >= 15 is 0 Å². The minimum Gasteiger partial charge on any atom is -0.455 e. The van der Waals surface area contributed by atoms with Gasteiger partial charge in [-0.15, -0.1) is 0 Å².